The molecule has 0 bridgehead atoms. The molecular weight excluding hydrogens is 311 g/mol. The molecule has 2 rings (SSSR count). The van der Waals surface area contributed by atoms with E-state index >= 15 is 0 Å². The minimum absolute atomic E-state index is 0.0481. The summed E-state index contributed by atoms with van der Waals surface area (Å²) < 4.78 is 0. The van der Waals surface area contributed by atoms with E-state index < -0.39 is 4.92 Å². The van der Waals surface area contributed by atoms with E-state index in [0.29, 0.717) is 15.7 Å². The van der Waals surface area contributed by atoms with Gasteiger partial charge in [-0.25, -0.2) is 0 Å². The average molecular weight is 325 g/mol. The molecule has 4 nitrogen and oxygen atoms in total. The van der Waals surface area contributed by atoms with Gasteiger partial charge < -0.3 is 5.32 Å². The molecule has 2 aromatic carbocycles. The fourth-order valence-electron chi connectivity index (χ4n) is 2.08. The normalized spacial score (nSPS) is 12.0. The molecule has 0 aliphatic rings. The molecule has 6 heteroatoms. The zero-order valence-electron chi connectivity index (χ0n) is 11.6. The Kier molecular flexibility index (Phi) is 4.70. The number of hydrogen-bond donors (Lipinski definition) is 1. The lowest BCUT2D eigenvalue weighted by Gasteiger charge is -2.17. The highest BCUT2D eigenvalue weighted by molar-refractivity contribution is 6.35. The van der Waals surface area contributed by atoms with Crippen molar-refractivity contribution in [2.75, 3.05) is 5.32 Å². The van der Waals surface area contributed by atoms with Crippen molar-refractivity contribution in [2.24, 2.45) is 0 Å². The Hall–Kier alpha value is -1.78. The first-order chi connectivity index (χ1) is 9.88. The molecule has 0 heterocycles. The van der Waals surface area contributed by atoms with Gasteiger partial charge in [-0.15, -0.1) is 0 Å². The second-order valence-corrected chi connectivity index (χ2v) is 5.65. The number of nitrogens with one attached hydrogen (secondary N) is 1. The van der Waals surface area contributed by atoms with E-state index in [0.717, 1.165) is 11.1 Å². The van der Waals surface area contributed by atoms with Gasteiger partial charge in [-0.3, -0.25) is 10.1 Å². The summed E-state index contributed by atoms with van der Waals surface area (Å²) in [5, 5.41) is 15.3. The van der Waals surface area contributed by atoms with E-state index in [2.05, 4.69) is 5.32 Å². The molecule has 0 saturated carbocycles. The number of anilines is 1. The number of aryl methyl sites for hydroxylation is 1. The molecular formula is C15H14Cl2N2O2. The monoisotopic (exact) mass is 324 g/mol. The van der Waals surface area contributed by atoms with Crippen LogP contribution in [0.1, 0.15) is 24.1 Å². The Balaban J connectivity index is 2.31. The quantitative estimate of drug-likeness (QED) is 0.606. The molecule has 110 valence electrons. The van der Waals surface area contributed by atoms with Gasteiger partial charge >= 0.3 is 0 Å². The van der Waals surface area contributed by atoms with Crippen LogP contribution in [0.3, 0.4) is 0 Å². The maximum atomic E-state index is 11.1. The molecule has 0 spiro atoms. The van der Waals surface area contributed by atoms with E-state index in [9.17, 15) is 10.1 Å². The summed E-state index contributed by atoms with van der Waals surface area (Å²) in [7, 11) is 0. The largest absolute Gasteiger partial charge is 0.373 e. The lowest BCUT2D eigenvalue weighted by atomic mass is 10.1. The molecule has 21 heavy (non-hydrogen) atoms. The zero-order valence-corrected chi connectivity index (χ0v) is 13.1. The first-order valence-electron chi connectivity index (χ1n) is 6.35. The fourth-order valence-corrected chi connectivity index (χ4v) is 2.65. The smallest absolute Gasteiger partial charge is 0.292 e. The topological polar surface area (TPSA) is 55.2 Å². The Labute approximate surface area is 132 Å². The average Bonchev–Trinajstić information content (AvgIpc) is 2.40. The number of nitro groups is 1. The van der Waals surface area contributed by atoms with Gasteiger partial charge in [0.15, 0.2) is 0 Å². The summed E-state index contributed by atoms with van der Waals surface area (Å²) in [4.78, 5) is 10.7. The zero-order chi connectivity index (χ0) is 15.6. The van der Waals surface area contributed by atoms with Crippen LogP contribution in [0.2, 0.25) is 10.0 Å². The van der Waals surface area contributed by atoms with Crippen LogP contribution < -0.4 is 5.32 Å². The Morgan fingerprint density at radius 1 is 1.19 bits per heavy atom. The minimum atomic E-state index is -0.397. The van der Waals surface area contributed by atoms with Crippen molar-refractivity contribution in [3.8, 4) is 0 Å². The van der Waals surface area contributed by atoms with Crippen LogP contribution in [0.4, 0.5) is 11.4 Å². The van der Waals surface area contributed by atoms with E-state index in [1.165, 1.54) is 0 Å². The van der Waals surface area contributed by atoms with Crippen molar-refractivity contribution in [1.29, 1.82) is 0 Å². The van der Waals surface area contributed by atoms with Crippen LogP contribution in [0.5, 0.6) is 0 Å². The molecule has 0 saturated heterocycles. The highest BCUT2D eigenvalue weighted by Crippen LogP contribution is 2.32. The fraction of sp³-hybridized carbons (Fsp3) is 0.200. The van der Waals surface area contributed by atoms with Gasteiger partial charge in [-0.05, 0) is 43.2 Å². The second kappa shape index (κ2) is 6.33. The van der Waals surface area contributed by atoms with Crippen LogP contribution >= 0.6 is 23.2 Å². The number of nitrogens with zero attached hydrogens (tertiary/aromatic N) is 1. The predicted molar refractivity (Wildman–Crippen MR) is 86.3 cm³/mol. The van der Waals surface area contributed by atoms with E-state index in [1.54, 1.807) is 24.3 Å². The van der Waals surface area contributed by atoms with E-state index in [4.69, 9.17) is 23.2 Å². The maximum Gasteiger partial charge on any atom is 0.292 e. The third-order valence-electron chi connectivity index (χ3n) is 3.15. The first-order valence-corrected chi connectivity index (χ1v) is 7.10. The Bertz CT molecular complexity index is 689. The Morgan fingerprint density at radius 2 is 1.90 bits per heavy atom. The maximum absolute atomic E-state index is 11.1. The summed E-state index contributed by atoms with van der Waals surface area (Å²) in [6, 6.07) is 10.1. The number of benzene rings is 2. The lowest BCUT2D eigenvalue weighted by Crippen LogP contribution is -2.09. The van der Waals surface area contributed by atoms with Crippen molar-refractivity contribution in [3.05, 3.63) is 67.7 Å². The summed E-state index contributed by atoms with van der Waals surface area (Å²) in [6.45, 7) is 3.70. The van der Waals surface area contributed by atoms with Crippen LogP contribution in [-0.4, -0.2) is 4.92 Å². The van der Waals surface area contributed by atoms with Gasteiger partial charge in [-0.1, -0.05) is 35.3 Å². The van der Waals surface area contributed by atoms with Gasteiger partial charge in [0.25, 0.3) is 5.69 Å². The third-order valence-corrected chi connectivity index (χ3v) is 3.71. The molecule has 1 atom stereocenters. The molecule has 0 fully saturated rings. The molecule has 0 aliphatic carbocycles. The van der Waals surface area contributed by atoms with Gasteiger partial charge in [-0.2, -0.15) is 0 Å². The van der Waals surface area contributed by atoms with Gasteiger partial charge in [0, 0.05) is 16.1 Å². The summed E-state index contributed by atoms with van der Waals surface area (Å²) in [5.74, 6) is 0. The standard InChI is InChI=1S/C15H14Cl2N2O2/c1-9-3-6-14(15(7-9)19(20)21)18-10(2)12-5-4-11(16)8-13(12)17/h3-8,10,18H,1-2H3. The van der Waals surface area contributed by atoms with Crippen molar-refractivity contribution >= 4 is 34.6 Å². The SMILES string of the molecule is Cc1ccc(NC(C)c2ccc(Cl)cc2Cl)c([N+](=O)[O-])c1. The molecule has 1 N–H and O–H groups in total. The van der Waals surface area contributed by atoms with Crippen molar-refractivity contribution in [3.63, 3.8) is 0 Å². The number of rotatable bonds is 4. The molecule has 0 radical (unpaired) electrons. The molecule has 0 amide bonds. The number of halogens is 2. The van der Waals surface area contributed by atoms with Crippen LogP contribution in [0, 0.1) is 17.0 Å². The molecule has 2 aromatic rings. The third kappa shape index (κ3) is 3.65. The summed E-state index contributed by atoms with van der Waals surface area (Å²) in [5.41, 5.74) is 2.18. The van der Waals surface area contributed by atoms with Crippen LogP contribution in [0.25, 0.3) is 0 Å². The number of nitro benzene ring substituents is 1. The summed E-state index contributed by atoms with van der Waals surface area (Å²) >= 11 is 12.0. The van der Waals surface area contributed by atoms with E-state index in [1.807, 2.05) is 26.0 Å². The van der Waals surface area contributed by atoms with Gasteiger partial charge in [0.2, 0.25) is 0 Å². The molecule has 1 unspecified atom stereocenters. The molecule has 0 aliphatic heterocycles. The lowest BCUT2D eigenvalue weighted by molar-refractivity contribution is -0.384. The van der Waals surface area contributed by atoms with E-state index in [-0.39, 0.29) is 11.7 Å². The van der Waals surface area contributed by atoms with Gasteiger partial charge in [0.1, 0.15) is 5.69 Å². The highest BCUT2D eigenvalue weighted by atomic mass is 35.5. The minimum Gasteiger partial charge on any atom is -0.373 e. The molecule has 0 aromatic heterocycles. The van der Waals surface area contributed by atoms with Crippen molar-refractivity contribution in [2.45, 2.75) is 19.9 Å². The summed E-state index contributed by atoms with van der Waals surface area (Å²) in [6.07, 6.45) is 0. The first kappa shape index (κ1) is 15.6. The van der Waals surface area contributed by atoms with Crippen LogP contribution in [0.15, 0.2) is 36.4 Å². The number of hydrogen-bond acceptors (Lipinski definition) is 3. The van der Waals surface area contributed by atoms with Gasteiger partial charge in [0.05, 0.1) is 11.0 Å². The van der Waals surface area contributed by atoms with Crippen molar-refractivity contribution < 1.29 is 4.92 Å². The predicted octanol–water partition coefficient (Wildman–Crippen LogP) is 5.38. The van der Waals surface area contributed by atoms with Crippen molar-refractivity contribution in [1.82, 2.24) is 0 Å². The highest BCUT2D eigenvalue weighted by Gasteiger charge is 2.17. The Morgan fingerprint density at radius 3 is 2.52 bits per heavy atom. The van der Waals surface area contributed by atoms with Crippen LogP contribution in [-0.2, 0) is 0 Å². The second-order valence-electron chi connectivity index (χ2n) is 4.81.